The number of nitrogens with one attached hydrogen (secondary N) is 2. The summed E-state index contributed by atoms with van der Waals surface area (Å²) in [5, 5.41) is 19.0. The molecule has 1 atom stereocenters. The molecule has 0 saturated heterocycles. The molecule has 0 radical (unpaired) electrons. The van der Waals surface area contributed by atoms with Gasteiger partial charge in [-0.2, -0.15) is 5.10 Å². The zero-order valence-corrected chi connectivity index (χ0v) is 12.2. The molecule has 22 heavy (non-hydrogen) atoms. The van der Waals surface area contributed by atoms with Crippen LogP contribution in [0.15, 0.2) is 30.7 Å². The first-order chi connectivity index (χ1) is 10.7. The molecule has 0 spiro atoms. The Morgan fingerprint density at radius 2 is 2.27 bits per heavy atom. The lowest BCUT2D eigenvalue weighted by Crippen LogP contribution is -2.41. The summed E-state index contributed by atoms with van der Waals surface area (Å²) in [6.45, 7) is 0. The normalized spacial score (nSPS) is 21.7. The predicted molar refractivity (Wildman–Crippen MR) is 78.3 cm³/mol. The van der Waals surface area contributed by atoms with Crippen molar-refractivity contribution in [3.05, 3.63) is 41.9 Å². The van der Waals surface area contributed by atoms with Crippen LogP contribution in [0.25, 0.3) is 0 Å². The average Bonchev–Trinajstić information content (AvgIpc) is 3.04. The van der Waals surface area contributed by atoms with E-state index in [-0.39, 0.29) is 24.0 Å². The maximum atomic E-state index is 12.3. The van der Waals surface area contributed by atoms with Crippen molar-refractivity contribution in [1.29, 1.82) is 0 Å². The molecule has 1 saturated carbocycles. The van der Waals surface area contributed by atoms with Crippen molar-refractivity contribution >= 4 is 5.91 Å². The Morgan fingerprint density at radius 3 is 2.82 bits per heavy atom. The van der Waals surface area contributed by atoms with Crippen LogP contribution < -0.4 is 10.1 Å². The van der Waals surface area contributed by atoms with E-state index in [1.165, 1.54) is 6.20 Å². The first-order valence-electron chi connectivity index (χ1n) is 7.15. The van der Waals surface area contributed by atoms with Gasteiger partial charge in [-0.1, -0.05) is 6.07 Å². The number of aliphatic hydroxyl groups is 1. The minimum atomic E-state index is -0.287. The van der Waals surface area contributed by atoms with Gasteiger partial charge >= 0.3 is 0 Å². The zero-order valence-electron chi connectivity index (χ0n) is 12.2. The first kappa shape index (κ1) is 14.5. The smallest absolute Gasteiger partial charge is 0.254 e. The Bertz CT molecular complexity index is 621. The van der Waals surface area contributed by atoms with Crippen molar-refractivity contribution < 1.29 is 14.6 Å². The van der Waals surface area contributed by atoms with Gasteiger partial charge in [0.2, 0.25) is 5.88 Å². The van der Waals surface area contributed by atoms with Crippen LogP contribution in [-0.4, -0.2) is 39.4 Å². The Hall–Kier alpha value is -2.41. The molecule has 1 aliphatic carbocycles. The van der Waals surface area contributed by atoms with Crippen LogP contribution in [0.2, 0.25) is 0 Å². The lowest BCUT2D eigenvalue weighted by Gasteiger charge is -2.38. The van der Waals surface area contributed by atoms with Crippen LogP contribution in [0.5, 0.6) is 5.88 Å². The number of nitrogens with zero attached hydrogens (tertiary/aromatic N) is 2. The lowest BCUT2D eigenvalue weighted by atomic mass is 9.75. The van der Waals surface area contributed by atoms with Crippen LogP contribution in [0, 0.1) is 5.92 Å². The fraction of sp³-hybridized carbons (Fsp3) is 0.400. The van der Waals surface area contributed by atoms with Crippen molar-refractivity contribution in [2.75, 3.05) is 7.11 Å². The summed E-state index contributed by atoms with van der Waals surface area (Å²) < 4.78 is 5.06. The third-order valence-corrected chi connectivity index (χ3v) is 4.00. The average molecular weight is 302 g/mol. The highest BCUT2D eigenvalue weighted by atomic mass is 16.5. The summed E-state index contributed by atoms with van der Waals surface area (Å²) in [6.07, 6.45) is 5.78. The summed E-state index contributed by atoms with van der Waals surface area (Å²) in [5.41, 5.74) is 1.38. The highest BCUT2D eigenvalue weighted by Crippen LogP contribution is 2.38. The Balaban J connectivity index is 1.78. The second-order valence-corrected chi connectivity index (χ2v) is 5.46. The van der Waals surface area contributed by atoms with E-state index in [4.69, 9.17) is 4.74 Å². The number of amides is 1. The molecule has 2 heterocycles. The number of aromatic nitrogens is 3. The van der Waals surface area contributed by atoms with E-state index in [1.54, 1.807) is 25.6 Å². The molecule has 3 rings (SSSR count). The minimum absolute atomic E-state index is 0.191. The third kappa shape index (κ3) is 2.94. The monoisotopic (exact) mass is 302 g/mol. The second-order valence-electron chi connectivity index (χ2n) is 5.46. The lowest BCUT2D eigenvalue weighted by molar-refractivity contribution is 0.0234. The maximum Gasteiger partial charge on any atom is 0.254 e. The number of carbonyl (C=O) groups excluding carboxylic acids is 1. The third-order valence-electron chi connectivity index (χ3n) is 4.00. The summed E-state index contributed by atoms with van der Waals surface area (Å²) in [6, 6.07) is 3.46. The van der Waals surface area contributed by atoms with E-state index in [2.05, 4.69) is 20.5 Å². The molecule has 0 aliphatic heterocycles. The van der Waals surface area contributed by atoms with Crippen LogP contribution >= 0.6 is 0 Å². The zero-order chi connectivity index (χ0) is 15.5. The number of H-pyrrole nitrogens is 1. The molecule has 1 amide bonds. The summed E-state index contributed by atoms with van der Waals surface area (Å²) >= 11 is 0. The van der Waals surface area contributed by atoms with Crippen LogP contribution in [0.1, 0.15) is 34.8 Å². The van der Waals surface area contributed by atoms with Gasteiger partial charge in [0.25, 0.3) is 5.91 Å². The number of methoxy groups -OCH3 is 1. The maximum absolute atomic E-state index is 12.3. The molecule has 7 heteroatoms. The van der Waals surface area contributed by atoms with Crippen molar-refractivity contribution in [3.63, 3.8) is 0 Å². The number of hydrogen-bond acceptors (Lipinski definition) is 5. The van der Waals surface area contributed by atoms with Gasteiger partial charge in [0.05, 0.1) is 31.0 Å². The number of hydrogen-bond donors (Lipinski definition) is 3. The molecule has 2 aromatic rings. The minimum Gasteiger partial charge on any atom is -0.481 e. The van der Waals surface area contributed by atoms with E-state index in [1.807, 2.05) is 6.07 Å². The number of carbonyl (C=O) groups is 1. The Labute approximate surface area is 127 Å². The number of rotatable bonds is 5. The quantitative estimate of drug-likeness (QED) is 0.766. The van der Waals surface area contributed by atoms with E-state index in [0.717, 1.165) is 5.56 Å². The molecule has 0 aromatic carbocycles. The molecular weight excluding hydrogens is 284 g/mol. The Kier molecular flexibility index (Phi) is 4.06. The predicted octanol–water partition coefficient (Wildman–Crippen LogP) is 1.06. The summed E-state index contributed by atoms with van der Waals surface area (Å²) in [4.78, 5) is 16.5. The molecule has 1 aliphatic rings. The first-order valence-corrected chi connectivity index (χ1v) is 7.15. The van der Waals surface area contributed by atoms with Crippen molar-refractivity contribution in [2.24, 2.45) is 5.92 Å². The Morgan fingerprint density at radius 1 is 1.45 bits per heavy atom. The van der Waals surface area contributed by atoms with Crippen LogP contribution in [0.4, 0.5) is 0 Å². The van der Waals surface area contributed by atoms with E-state index < -0.39 is 0 Å². The number of aliphatic hydroxyl groups excluding tert-OH is 1. The van der Waals surface area contributed by atoms with Crippen LogP contribution in [0.3, 0.4) is 0 Å². The summed E-state index contributed by atoms with van der Waals surface area (Å²) in [7, 11) is 1.56. The number of ether oxygens (including phenoxy) is 1. The van der Waals surface area contributed by atoms with E-state index in [9.17, 15) is 9.90 Å². The fourth-order valence-electron chi connectivity index (χ4n) is 2.67. The standard InChI is InChI=1S/C15H18N4O3/c1-22-13-3-2-9(6-16-13)14(10-4-12(20)5-10)19-15(21)11-7-17-18-8-11/h2-3,6-8,10,12,14,20H,4-5H2,1H3,(H,17,18)(H,19,21)/t10?,12?,14-/m0/s1. The topological polar surface area (TPSA) is 100 Å². The van der Waals surface area contributed by atoms with Crippen molar-refractivity contribution in [2.45, 2.75) is 25.0 Å². The SMILES string of the molecule is COc1ccc([C@H](NC(=O)c2cn[nH]c2)C2CC(O)C2)cn1. The molecular formula is C15H18N4O3. The van der Waals surface area contributed by atoms with Crippen molar-refractivity contribution in [1.82, 2.24) is 20.5 Å². The van der Waals surface area contributed by atoms with E-state index >= 15 is 0 Å². The molecule has 0 unspecified atom stereocenters. The van der Waals surface area contributed by atoms with Gasteiger partial charge < -0.3 is 15.2 Å². The molecule has 0 bridgehead atoms. The molecule has 2 aromatic heterocycles. The van der Waals surface area contributed by atoms with Gasteiger partial charge in [-0.15, -0.1) is 0 Å². The van der Waals surface area contributed by atoms with E-state index in [0.29, 0.717) is 24.3 Å². The molecule has 7 nitrogen and oxygen atoms in total. The number of aromatic amines is 1. The van der Waals surface area contributed by atoms with Gasteiger partial charge in [0.15, 0.2) is 0 Å². The molecule has 116 valence electrons. The fourth-order valence-corrected chi connectivity index (χ4v) is 2.67. The van der Waals surface area contributed by atoms with Crippen LogP contribution in [-0.2, 0) is 0 Å². The van der Waals surface area contributed by atoms with Gasteiger partial charge in [0, 0.05) is 18.5 Å². The largest absolute Gasteiger partial charge is 0.481 e. The van der Waals surface area contributed by atoms with Gasteiger partial charge in [-0.25, -0.2) is 4.98 Å². The molecule has 3 N–H and O–H groups in total. The van der Waals surface area contributed by atoms with Gasteiger partial charge in [-0.3, -0.25) is 9.89 Å². The van der Waals surface area contributed by atoms with Gasteiger partial charge in [0.1, 0.15) is 0 Å². The highest BCUT2D eigenvalue weighted by molar-refractivity contribution is 5.93. The number of pyridine rings is 1. The second kappa shape index (κ2) is 6.15. The molecule has 1 fully saturated rings. The summed E-state index contributed by atoms with van der Waals surface area (Å²) in [5.74, 6) is 0.523. The highest BCUT2D eigenvalue weighted by Gasteiger charge is 2.36. The van der Waals surface area contributed by atoms with Crippen molar-refractivity contribution in [3.8, 4) is 5.88 Å². The van der Waals surface area contributed by atoms with Gasteiger partial charge in [-0.05, 0) is 24.3 Å².